The molecular weight excluding hydrogens is 372 g/mol. The summed E-state index contributed by atoms with van der Waals surface area (Å²) in [5.74, 6) is 0.271. The number of rotatable bonds is 6. The molecule has 3 rings (SSSR count). The molecular formula is C22H36N2O3S. The molecule has 0 unspecified atom stereocenters. The van der Waals surface area contributed by atoms with Gasteiger partial charge in [-0.05, 0) is 71.3 Å². The number of hydrogen-bond donors (Lipinski definition) is 0. The van der Waals surface area contributed by atoms with Crippen molar-refractivity contribution < 1.29 is 13.3 Å². The van der Waals surface area contributed by atoms with Gasteiger partial charge in [-0.3, -0.25) is 4.84 Å². The highest BCUT2D eigenvalue weighted by Gasteiger charge is 2.45. The molecule has 0 bridgehead atoms. The third-order valence-corrected chi connectivity index (χ3v) is 7.76. The first-order valence-corrected chi connectivity index (χ1v) is 12.3. The highest BCUT2D eigenvalue weighted by molar-refractivity contribution is 7.88. The summed E-state index contributed by atoms with van der Waals surface area (Å²) in [5.41, 5.74) is 1.16. The summed E-state index contributed by atoms with van der Waals surface area (Å²) in [6.07, 6.45) is 6.44. The predicted octanol–water partition coefficient (Wildman–Crippen LogP) is 3.85. The Morgan fingerprint density at radius 2 is 1.68 bits per heavy atom. The van der Waals surface area contributed by atoms with E-state index in [-0.39, 0.29) is 23.0 Å². The van der Waals surface area contributed by atoms with Crippen LogP contribution in [0, 0.1) is 5.92 Å². The third-order valence-electron chi connectivity index (χ3n) is 6.45. The van der Waals surface area contributed by atoms with Crippen LogP contribution in [0.3, 0.4) is 0 Å². The van der Waals surface area contributed by atoms with E-state index in [2.05, 4.69) is 44.9 Å². The van der Waals surface area contributed by atoms with Gasteiger partial charge >= 0.3 is 0 Å². The van der Waals surface area contributed by atoms with Crippen LogP contribution in [0.15, 0.2) is 30.3 Å². The molecule has 1 aromatic carbocycles. The van der Waals surface area contributed by atoms with E-state index in [0.29, 0.717) is 13.2 Å². The average molecular weight is 409 g/mol. The molecule has 0 N–H and O–H groups in total. The summed E-state index contributed by atoms with van der Waals surface area (Å²) in [4.78, 5) is 6.42. The largest absolute Gasteiger partial charge is 0.296 e. The van der Waals surface area contributed by atoms with Gasteiger partial charge in [0.2, 0.25) is 10.0 Å². The van der Waals surface area contributed by atoms with Gasteiger partial charge in [-0.15, -0.1) is 0 Å². The first-order valence-electron chi connectivity index (χ1n) is 10.4. The van der Waals surface area contributed by atoms with E-state index >= 15 is 0 Å². The van der Waals surface area contributed by atoms with Crippen molar-refractivity contribution in [3.05, 3.63) is 35.9 Å². The normalized spacial score (nSPS) is 28.5. The minimum absolute atomic E-state index is 0.0504. The average Bonchev–Trinajstić information content (AvgIpc) is 2.97. The van der Waals surface area contributed by atoms with Gasteiger partial charge in [-0.1, -0.05) is 30.3 Å². The van der Waals surface area contributed by atoms with E-state index in [1.807, 2.05) is 18.2 Å². The minimum Gasteiger partial charge on any atom is -0.296 e. The first-order chi connectivity index (χ1) is 13.0. The van der Waals surface area contributed by atoms with Gasteiger partial charge in [-0.25, -0.2) is 8.42 Å². The van der Waals surface area contributed by atoms with E-state index in [1.165, 1.54) is 18.2 Å². The van der Waals surface area contributed by atoms with Crippen LogP contribution in [0.25, 0.3) is 0 Å². The predicted molar refractivity (Wildman–Crippen MR) is 113 cm³/mol. The molecule has 2 atom stereocenters. The molecule has 0 aliphatic carbocycles. The molecule has 2 fully saturated rings. The standard InChI is InChI=1S/C22H36N2O3S/c1-21(2)13-9-14-22(3,4)24(21)27-17-20-19(12-15-23(20)28(5,25)26)16-18-10-7-6-8-11-18/h6-8,10-11,19-20H,9,12-17H2,1-5H3/t19-,20-/m1/s1. The molecule has 1 aromatic rings. The molecule has 2 aliphatic heterocycles. The quantitative estimate of drug-likeness (QED) is 0.717. The van der Waals surface area contributed by atoms with E-state index in [1.54, 1.807) is 4.31 Å². The molecule has 0 radical (unpaired) electrons. The zero-order valence-electron chi connectivity index (χ0n) is 18.0. The molecule has 6 heteroatoms. The zero-order valence-corrected chi connectivity index (χ0v) is 18.8. The van der Waals surface area contributed by atoms with Crippen LogP contribution in [-0.4, -0.2) is 54.3 Å². The van der Waals surface area contributed by atoms with Gasteiger partial charge < -0.3 is 0 Å². The van der Waals surface area contributed by atoms with Gasteiger partial charge in [0.05, 0.1) is 18.9 Å². The lowest BCUT2D eigenvalue weighted by Crippen LogP contribution is -2.59. The molecule has 0 amide bonds. The Balaban J connectivity index is 1.78. The van der Waals surface area contributed by atoms with Crippen molar-refractivity contribution in [3.63, 3.8) is 0 Å². The Morgan fingerprint density at radius 1 is 1.07 bits per heavy atom. The van der Waals surface area contributed by atoms with Gasteiger partial charge in [0.25, 0.3) is 0 Å². The monoisotopic (exact) mass is 408 g/mol. The Labute approximate surface area is 171 Å². The fourth-order valence-electron chi connectivity index (χ4n) is 5.15. The fraction of sp³-hybridized carbons (Fsp3) is 0.727. The van der Waals surface area contributed by atoms with Crippen LogP contribution in [0.5, 0.6) is 0 Å². The Morgan fingerprint density at radius 3 is 2.25 bits per heavy atom. The van der Waals surface area contributed by atoms with E-state index < -0.39 is 10.0 Å². The summed E-state index contributed by atoms with van der Waals surface area (Å²) >= 11 is 0. The molecule has 2 saturated heterocycles. The van der Waals surface area contributed by atoms with E-state index in [4.69, 9.17) is 4.84 Å². The van der Waals surface area contributed by atoms with Crippen LogP contribution in [0.1, 0.15) is 58.9 Å². The van der Waals surface area contributed by atoms with E-state index in [0.717, 1.165) is 25.7 Å². The van der Waals surface area contributed by atoms with E-state index in [9.17, 15) is 8.42 Å². The second-order valence-electron chi connectivity index (χ2n) is 9.75. The Bertz CT molecular complexity index is 745. The Kier molecular flexibility index (Phi) is 6.26. The number of sulfonamides is 1. The van der Waals surface area contributed by atoms with Crippen LogP contribution in [0.4, 0.5) is 0 Å². The lowest BCUT2D eigenvalue weighted by Gasteiger charge is -2.51. The number of benzene rings is 1. The van der Waals surface area contributed by atoms with Crippen molar-refractivity contribution in [2.75, 3.05) is 19.4 Å². The second kappa shape index (κ2) is 8.05. The number of nitrogens with zero attached hydrogens (tertiary/aromatic N) is 2. The summed E-state index contributed by atoms with van der Waals surface area (Å²) in [7, 11) is -3.25. The van der Waals surface area contributed by atoms with Crippen molar-refractivity contribution in [1.29, 1.82) is 0 Å². The highest BCUT2D eigenvalue weighted by atomic mass is 32.2. The van der Waals surface area contributed by atoms with Crippen LogP contribution >= 0.6 is 0 Å². The third kappa shape index (κ3) is 4.78. The molecule has 0 saturated carbocycles. The molecule has 28 heavy (non-hydrogen) atoms. The molecule has 158 valence electrons. The topological polar surface area (TPSA) is 49.9 Å². The van der Waals surface area contributed by atoms with Crippen molar-refractivity contribution in [1.82, 2.24) is 9.37 Å². The zero-order chi connectivity index (χ0) is 20.6. The van der Waals surface area contributed by atoms with Crippen molar-refractivity contribution >= 4 is 10.0 Å². The van der Waals surface area contributed by atoms with Crippen molar-refractivity contribution in [2.24, 2.45) is 5.92 Å². The van der Waals surface area contributed by atoms with Crippen molar-refractivity contribution in [2.45, 2.75) is 76.9 Å². The maximum absolute atomic E-state index is 12.4. The molecule has 0 aromatic heterocycles. The molecule has 0 spiro atoms. The van der Waals surface area contributed by atoms with Gasteiger partial charge in [0, 0.05) is 17.6 Å². The number of hydrogen-bond acceptors (Lipinski definition) is 4. The first kappa shape index (κ1) is 21.8. The van der Waals surface area contributed by atoms with Gasteiger partial charge in [-0.2, -0.15) is 9.37 Å². The summed E-state index contributed by atoms with van der Waals surface area (Å²) in [5, 5.41) is 2.14. The fourth-order valence-corrected chi connectivity index (χ4v) is 6.31. The lowest BCUT2D eigenvalue weighted by atomic mass is 9.82. The SMILES string of the molecule is CC1(C)CCCC(C)(C)N1OC[C@@H]1[C@@H](Cc2ccccc2)CCN1S(C)(=O)=O. The lowest BCUT2D eigenvalue weighted by molar-refractivity contribution is -0.285. The maximum atomic E-state index is 12.4. The minimum atomic E-state index is -3.25. The van der Waals surface area contributed by atoms with Crippen LogP contribution < -0.4 is 0 Å². The molecule has 2 heterocycles. The molecule has 2 aliphatic rings. The summed E-state index contributed by atoms with van der Waals surface area (Å²) in [6, 6.07) is 10.2. The summed E-state index contributed by atoms with van der Waals surface area (Å²) < 4.78 is 26.5. The summed E-state index contributed by atoms with van der Waals surface area (Å²) in [6.45, 7) is 9.88. The number of hydroxylamine groups is 2. The van der Waals surface area contributed by atoms with Crippen LogP contribution in [0.2, 0.25) is 0 Å². The number of piperidine rings is 1. The van der Waals surface area contributed by atoms with Gasteiger partial charge in [0.15, 0.2) is 0 Å². The van der Waals surface area contributed by atoms with Gasteiger partial charge in [0.1, 0.15) is 0 Å². The smallest absolute Gasteiger partial charge is 0.211 e. The highest BCUT2D eigenvalue weighted by Crippen LogP contribution is 2.39. The second-order valence-corrected chi connectivity index (χ2v) is 11.7. The Hall–Kier alpha value is -0.950. The maximum Gasteiger partial charge on any atom is 0.211 e. The van der Waals surface area contributed by atoms with Crippen LogP contribution in [-0.2, 0) is 21.3 Å². The molecule has 5 nitrogen and oxygen atoms in total. The van der Waals surface area contributed by atoms with Crippen molar-refractivity contribution in [3.8, 4) is 0 Å².